The van der Waals surface area contributed by atoms with Crippen LogP contribution < -0.4 is 10.6 Å². The van der Waals surface area contributed by atoms with E-state index >= 15 is 0 Å². The van der Waals surface area contributed by atoms with Crippen molar-refractivity contribution in [3.63, 3.8) is 0 Å². The lowest BCUT2D eigenvalue weighted by atomic mass is 9.89. The molecule has 0 aromatic carbocycles. The average molecular weight is 313 g/mol. The van der Waals surface area contributed by atoms with Crippen LogP contribution in [0.4, 0.5) is 0 Å². The highest BCUT2D eigenvalue weighted by Gasteiger charge is 2.34. The summed E-state index contributed by atoms with van der Waals surface area (Å²) in [6.45, 7) is 2.01. The smallest absolute Gasteiger partial charge is 0.220 e. The normalized spacial score (nSPS) is 28.8. The lowest BCUT2D eigenvalue weighted by molar-refractivity contribution is -0.122. The SMILES string of the molecule is CC(NC(=O)CC1CC2CCC(C1)N2)c1cnn(C)c1.Cl. The molecule has 0 saturated carbocycles. The second-order valence-electron chi connectivity index (χ2n) is 6.42. The van der Waals surface area contributed by atoms with Gasteiger partial charge < -0.3 is 10.6 Å². The van der Waals surface area contributed by atoms with Gasteiger partial charge in [0.15, 0.2) is 0 Å². The van der Waals surface area contributed by atoms with Gasteiger partial charge in [-0.05, 0) is 38.5 Å². The van der Waals surface area contributed by atoms with Crippen molar-refractivity contribution in [3.8, 4) is 0 Å². The highest BCUT2D eigenvalue weighted by molar-refractivity contribution is 5.85. The second kappa shape index (κ2) is 6.79. The van der Waals surface area contributed by atoms with Gasteiger partial charge in [-0.15, -0.1) is 12.4 Å². The zero-order valence-corrected chi connectivity index (χ0v) is 13.5. The Labute approximate surface area is 132 Å². The van der Waals surface area contributed by atoms with Crippen LogP contribution in [0.25, 0.3) is 0 Å². The van der Waals surface area contributed by atoms with Gasteiger partial charge in [0.05, 0.1) is 12.2 Å². The molecule has 2 saturated heterocycles. The van der Waals surface area contributed by atoms with E-state index in [-0.39, 0.29) is 24.4 Å². The van der Waals surface area contributed by atoms with E-state index in [1.807, 2.05) is 26.4 Å². The summed E-state index contributed by atoms with van der Waals surface area (Å²) in [6, 6.07) is 1.35. The van der Waals surface area contributed by atoms with E-state index < -0.39 is 0 Å². The van der Waals surface area contributed by atoms with Crippen LogP contribution in [0, 0.1) is 5.92 Å². The van der Waals surface area contributed by atoms with Crippen LogP contribution in [-0.4, -0.2) is 27.8 Å². The molecule has 6 heteroatoms. The van der Waals surface area contributed by atoms with Gasteiger partial charge in [0.1, 0.15) is 0 Å². The number of carbonyl (C=O) groups is 1. The van der Waals surface area contributed by atoms with E-state index in [2.05, 4.69) is 15.7 Å². The summed E-state index contributed by atoms with van der Waals surface area (Å²) < 4.78 is 1.77. The maximum atomic E-state index is 12.2. The van der Waals surface area contributed by atoms with Crippen molar-refractivity contribution in [2.45, 2.75) is 57.2 Å². The van der Waals surface area contributed by atoms with E-state index in [1.165, 1.54) is 12.8 Å². The largest absolute Gasteiger partial charge is 0.349 e. The van der Waals surface area contributed by atoms with Crippen LogP contribution in [0.2, 0.25) is 0 Å². The molecule has 3 heterocycles. The Bertz CT molecular complexity index is 478. The third-order valence-corrected chi connectivity index (χ3v) is 4.65. The van der Waals surface area contributed by atoms with Crippen molar-refractivity contribution in [1.82, 2.24) is 20.4 Å². The minimum absolute atomic E-state index is 0. The summed E-state index contributed by atoms with van der Waals surface area (Å²) in [4.78, 5) is 12.2. The molecular formula is C15H25ClN4O. The molecule has 2 aliphatic rings. The quantitative estimate of drug-likeness (QED) is 0.893. The van der Waals surface area contributed by atoms with E-state index in [9.17, 15) is 4.79 Å². The maximum absolute atomic E-state index is 12.2. The molecule has 118 valence electrons. The molecule has 3 rings (SSSR count). The molecule has 1 aromatic heterocycles. The van der Waals surface area contributed by atoms with E-state index in [0.29, 0.717) is 24.4 Å². The molecule has 3 atom stereocenters. The molecule has 3 unspecified atom stereocenters. The first-order valence-electron chi connectivity index (χ1n) is 7.64. The number of piperidine rings is 1. The number of nitrogens with one attached hydrogen (secondary N) is 2. The number of nitrogens with zero attached hydrogens (tertiary/aromatic N) is 2. The molecule has 5 nitrogen and oxygen atoms in total. The molecule has 1 aromatic rings. The van der Waals surface area contributed by atoms with Gasteiger partial charge in [0.2, 0.25) is 5.91 Å². The zero-order valence-electron chi connectivity index (χ0n) is 12.7. The van der Waals surface area contributed by atoms with Gasteiger partial charge in [-0.25, -0.2) is 0 Å². The molecular weight excluding hydrogens is 288 g/mol. The molecule has 2 N–H and O–H groups in total. The van der Waals surface area contributed by atoms with Crippen LogP contribution >= 0.6 is 12.4 Å². The number of rotatable bonds is 4. The minimum Gasteiger partial charge on any atom is -0.349 e. The van der Waals surface area contributed by atoms with Crippen molar-refractivity contribution in [3.05, 3.63) is 18.0 Å². The van der Waals surface area contributed by atoms with Crippen molar-refractivity contribution in [2.24, 2.45) is 13.0 Å². The summed E-state index contributed by atoms with van der Waals surface area (Å²) >= 11 is 0. The summed E-state index contributed by atoms with van der Waals surface area (Å²) in [6.07, 6.45) is 9.32. The molecule has 0 spiro atoms. The third-order valence-electron chi connectivity index (χ3n) is 4.65. The highest BCUT2D eigenvalue weighted by atomic mass is 35.5. The van der Waals surface area contributed by atoms with Crippen LogP contribution in [0.1, 0.15) is 50.6 Å². The van der Waals surface area contributed by atoms with Gasteiger partial charge in [-0.1, -0.05) is 0 Å². The predicted octanol–water partition coefficient (Wildman–Crippen LogP) is 1.94. The van der Waals surface area contributed by atoms with E-state index in [4.69, 9.17) is 0 Å². The van der Waals surface area contributed by atoms with Crippen LogP contribution in [-0.2, 0) is 11.8 Å². The first-order valence-corrected chi connectivity index (χ1v) is 7.64. The topological polar surface area (TPSA) is 59.0 Å². The van der Waals surface area contributed by atoms with Crippen molar-refractivity contribution in [1.29, 1.82) is 0 Å². The Morgan fingerprint density at radius 2 is 2.14 bits per heavy atom. The Balaban J connectivity index is 0.00000161. The summed E-state index contributed by atoms with van der Waals surface area (Å²) in [7, 11) is 1.89. The number of amides is 1. The van der Waals surface area contributed by atoms with Crippen molar-refractivity contribution in [2.75, 3.05) is 0 Å². The maximum Gasteiger partial charge on any atom is 0.220 e. The number of hydrogen-bond donors (Lipinski definition) is 2. The fourth-order valence-electron chi connectivity index (χ4n) is 3.65. The van der Waals surface area contributed by atoms with Gasteiger partial charge in [-0.2, -0.15) is 5.10 Å². The molecule has 2 aliphatic heterocycles. The monoisotopic (exact) mass is 312 g/mol. The lowest BCUT2D eigenvalue weighted by Gasteiger charge is -2.29. The van der Waals surface area contributed by atoms with Gasteiger partial charge in [0.25, 0.3) is 0 Å². The van der Waals surface area contributed by atoms with Crippen molar-refractivity contribution >= 4 is 18.3 Å². The summed E-state index contributed by atoms with van der Waals surface area (Å²) in [5.74, 6) is 0.725. The standard InChI is InChI=1S/C15H24N4O.ClH/c1-10(12-8-16-19(2)9-12)17-15(20)7-11-5-13-3-4-14(6-11)18-13;/h8-11,13-14,18H,3-7H2,1-2H3,(H,17,20);1H. The number of hydrogen-bond acceptors (Lipinski definition) is 3. The first-order chi connectivity index (χ1) is 9.60. The second-order valence-corrected chi connectivity index (χ2v) is 6.42. The van der Waals surface area contributed by atoms with Gasteiger partial charge in [-0.3, -0.25) is 9.48 Å². The zero-order chi connectivity index (χ0) is 14.1. The van der Waals surface area contributed by atoms with E-state index in [1.54, 1.807) is 4.68 Å². The van der Waals surface area contributed by atoms with Crippen LogP contribution in [0.15, 0.2) is 12.4 Å². The minimum atomic E-state index is 0. The van der Waals surface area contributed by atoms with Gasteiger partial charge in [0, 0.05) is 37.3 Å². The van der Waals surface area contributed by atoms with Gasteiger partial charge >= 0.3 is 0 Å². The Morgan fingerprint density at radius 1 is 1.48 bits per heavy atom. The molecule has 2 fully saturated rings. The third kappa shape index (κ3) is 3.98. The summed E-state index contributed by atoms with van der Waals surface area (Å²) in [5.41, 5.74) is 1.06. The molecule has 0 radical (unpaired) electrons. The van der Waals surface area contributed by atoms with Crippen molar-refractivity contribution < 1.29 is 4.79 Å². The summed E-state index contributed by atoms with van der Waals surface area (Å²) in [5, 5.41) is 10.9. The van der Waals surface area contributed by atoms with Crippen LogP contribution in [0.3, 0.4) is 0 Å². The first kappa shape index (κ1) is 16.3. The fraction of sp³-hybridized carbons (Fsp3) is 0.733. The number of halogens is 1. The number of aromatic nitrogens is 2. The number of carbonyl (C=O) groups excluding carboxylic acids is 1. The molecule has 0 aliphatic carbocycles. The Kier molecular flexibility index (Phi) is 5.27. The number of fused-ring (bicyclic) bond motifs is 2. The molecule has 21 heavy (non-hydrogen) atoms. The predicted molar refractivity (Wildman–Crippen MR) is 84.3 cm³/mol. The number of aryl methyl sites for hydroxylation is 1. The fourth-order valence-corrected chi connectivity index (χ4v) is 3.65. The average Bonchev–Trinajstić information content (AvgIpc) is 2.95. The van der Waals surface area contributed by atoms with Crippen LogP contribution in [0.5, 0.6) is 0 Å². The highest BCUT2D eigenvalue weighted by Crippen LogP contribution is 2.32. The Hall–Kier alpha value is -1.07. The lowest BCUT2D eigenvalue weighted by Crippen LogP contribution is -2.40. The molecule has 2 bridgehead atoms. The Morgan fingerprint density at radius 3 is 2.71 bits per heavy atom. The molecule has 1 amide bonds. The van der Waals surface area contributed by atoms with E-state index in [0.717, 1.165) is 18.4 Å².